The number of hydrogen-bond donors (Lipinski definition) is 2. The number of benzene rings is 2. The first-order chi connectivity index (χ1) is 21.3. The van der Waals surface area contributed by atoms with Gasteiger partial charge in [0.1, 0.15) is 18.1 Å². The molecule has 0 aliphatic carbocycles. The molecular weight excluding hydrogens is 597 g/mol. The normalized spacial score (nSPS) is 14.2. The van der Waals surface area contributed by atoms with Crippen LogP contribution in [0.5, 0.6) is 5.75 Å². The van der Waals surface area contributed by atoms with Crippen LogP contribution in [0.3, 0.4) is 0 Å². The van der Waals surface area contributed by atoms with Crippen LogP contribution in [0.4, 0.5) is 11.5 Å². The molecule has 0 saturated carbocycles. The first-order valence-corrected chi connectivity index (χ1v) is 15.9. The molecule has 2 aromatic carbocycles. The standard InChI is InChI=1S/C32H41ClN7O3P/c1-22-29-27(40(16-17-42-3)30(22)32(41)34-10-5-11-39-14-12-38(2)13-15-39)20-35-37-31(29)36-24-8-9-28(26(33)19-24)43-21-23-6-4-7-25(44)18-23/h4,6-9,18-20H,5,10-17,21,44H2,1-3H3,(H,34,41)(H,36,37). The van der Waals surface area contributed by atoms with E-state index in [-0.39, 0.29) is 5.91 Å². The second-order valence-electron chi connectivity index (χ2n) is 11.1. The number of piperazine rings is 1. The number of carbonyl (C=O) groups excluding carboxylic acids is 1. The fraction of sp³-hybridized carbons (Fsp3) is 0.406. The summed E-state index contributed by atoms with van der Waals surface area (Å²) in [4.78, 5) is 18.4. The lowest BCUT2D eigenvalue weighted by molar-refractivity contribution is 0.0937. The molecule has 234 valence electrons. The minimum absolute atomic E-state index is 0.115. The minimum atomic E-state index is -0.115. The minimum Gasteiger partial charge on any atom is -0.487 e. The quantitative estimate of drug-likeness (QED) is 0.166. The van der Waals surface area contributed by atoms with Gasteiger partial charge in [0.05, 0.1) is 23.3 Å². The Morgan fingerprint density at radius 3 is 2.68 bits per heavy atom. The van der Waals surface area contributed by atoms with Gasteiger partial charge in [0, 0.05) is 57.5 Å². The van der Waals surface area contributed by atoms with Gasteiger partial charge < -0.3 is 34.5 Å². The van der Waals surface area contributed by atoms with E-state index in [1.54, 1.807) is 19.4 Å². The van der Waals surface area contributed by atoms with Crippen LogP contribution in [0.2, 0.25) is 5.02 Å². The van der Waals surface area contributed by atoms with E-state index in [0.717, 1.165) is 72.2 Å². The lowest BCUT2D eigenvalue weighted by Crippen LogP contribution is -2.45. The fourth-order valence-electron chi connectivity index (χ4n) is 5.52. The molecule has 2 aromatic heterocycles. The second kappa shape index (κ2) is 15.1. The molecule has 0 bridgehead atoms. The summed E-state index contributed by atoms with van der Waals surface area (Å²) in [6.07, 6.45) is 2.59. The molecule has 1 saturated heterocycles. The number of carbonyl (C=O) groups is 1. The number of methoxy groups -OCH3 is 1. The Morgan fingerprint density at radius 2 is 1.93 bits per heavy atom. The van der Waals surface area contributed by atoms with E-state index in [1.165, 1.54) is 0 Å². The van der Waals surface area contributed by atoms with Crippen LogP contribution < -0.4 is 20.7 Å². The lowest BCUT2D eigenvalue weighted by atomic mass is 10.1. The van der Waals surface area contributed by atoms with E-state index in [0.29, 0.717) is 48.6 Å². The summed E-state index contributed by atoms with van der Waals surface area (Å²) in [5.41, 5.74) is 4.01. The van der Waals surface area contributed by atoms with Crippen molar-refractivity contribution in [3.8, 4) is 5.75 Å². The Balaban J connectivity index is 1.31. The molecule has 12 heteroatoms. The zero-order valence-electron chi connectivity index (χ0n) is 25.6. The number of fused-ring (bicyclic) bond motifs is 1. The van der Waals surface area contributed by atoms with Crippen molar-refractivity contribution < 1.29 is 14.3 Å². The number of nitrogens with zero attached hydrogens (tertiary/aromatic N) is 5. The van der Waals surface area contributed by atoms with Gasteiger partial charge in [-0.2, -0.15) is 5.10 Å². The van der Waals surface area contributed by atoms with Crippen molar-refractivity contribution in [3.63, 3.8) is 0 Å². The van der Waals surface area contributed by atoms with Crippen molar-refractivity contribution in [2.24, 2.45) is 0 Å². The van der Waals surface area contributed by atoms with Crippen molar-refractivity contribution in [1.82, 2.24) is 29.9 Å². The topological polar surface area (TPSA) is 96.8 Å². The van der Waals surface area contributed by atoms with Gasteiger partial charge in [-0.05, 0) is 67.6 Å². The van der Waals surface area contributed by atoms with Crippen molar-refractivity contribution in [3.05, 3.63) is 70.5 Å². The number of rotatable bonds is 13. The number of nitrogens with one attached hydrogen (secondary N) is 2. The van der Waals surface area contributed by atoms with Crippen LogP contribution >= 0.6 is 20.8 Å². The number of likely N-dealkylation sites (N-methyl/N-ethyl adjacent to an activating group) is 1. The van der Waals surface area contributed by atoms with Gasteiger partial charge in [-0.15, -0.1) is 14.3 Å². The number of anilines is 2. The molecule has 1 amide bonds. The first kappa shape index (κ1) is 32.1. The van der Waals surface area contributed by atoms with E-state index in [4.69, 9.17) is 21.1 Å². The van der Waals surface area contributed by atoms with Gasteiger partial charge >= 0.3 is 0 Å². The molecule has 1 aliphatic rings. The van der Waals surface area contributed by atoms with E-state index < -0.39 is 0 Å². The highest BCUT2D eigenvalue weighted by Crippen LogP contribution is 2.34. The van der Waals surface area contributed by atoms with Crippen LogP contribution in [0.15, 0.2) is 48.7 Å². The summed E-state index contributed by atoms with van der Waals surface area (Å²) in [7, 11) is 6.50. The Hall–Kier alpha value is -3.27. The number of halogens is 1. The van der Waals surface area contributed by atoms with Crippen LogP contribution in [0.1, 0.15) is 28.0 Å². The predicted molar refractivity (Wildman–Crippen MR) is 180 cm³/mol. The van der Waals surface area contributed by atoms with Gasteiger partial charge in [0.15, 0.2) is 5.82 Å². The average molecular weight is 638 g/mol. The summed E-state index contributed by atoms with van der Waals surface area (Å²) in [6.45, 7) is 9.20. The highest BCUT2D eigenvalue weighted by molar-refractivity contribution is 7.27. The summed E-state index contributed by atoms with van der Waals surface area (Å²) < 4.78 is 13.3. The monoisotopic (exact) mass is 637 g/mol. The molecule has 44 heavy (non-hydrogen) atoms. The Morgan fingerprint density at radius 1 is 1.11 bits per heavy atom. The molecule has 2 N–H and O–H groups in total. The lowest BCUT2D eigenvalue weighted by Gasteiger charge is -2.32. The Kier molecular flexibility index (Phi) is 11.1. The van der Waals surface area contributed by atoms with Gasteiger partial charge in [0.2, 0.25) is 0 Å². The molecule has 3 heterocycles. The largest absolute Gasteiger partial charge is 0.487 e. The summed E-state index contributed by atoms with van der Waals surface area (Å²) in [5, 5.41) is 17.6. The SMILES string of the molecule is COCCn1c(C(=O)NCCCN2CCN(C)CC2)c(C)c2c(Nc3ccc(OCc4cccc(P)c4)c(Cl)c3)nncc21. The van der Waals surface area contributed by atoms with Gasteiger partial charge in [-0.3, -0.25) is 4.79 Å². The van der Waals surface area contributed by atoms with Gasteiger partial charge in [0.25, 0.3) is 5.91 Å². The molecular formula is C32H41ClN7O3P. The summed E-state index contributed by atoms with van der Waals surface area (Å²) in [5.74, 6) is 1.02. The Labute approximate surface area is 266 Å². The molecule has 1 atom stereocenters. The highest BCUT2D eigenvalue weighted by Gasteiger charge is 2.23. The molecule has 1 aliphatic heterocycles. The van der Waals surface area contributed by atoms with E-state index in [1.807, 2.05) is 41.8 Å². The third kappa shape index (κ3) is 7.86. The van der Waals surface area contributed by atoms with Crippen LogP contribution in [-0.2, 0) is 17.9 Å². The third-order valence-electron chi connectivity index (χ3n) is 7.93. The van der Waals surface area contributed by atoms with E-state index >= 15 is 0 Å². The van der Waals surface area contributed by atoms with Crippen LogP contribution in [0, 0.1) is 6.92 Å². The Bertz CT molecular complexity index is 1590. The summed E-state index contributed by atoms with van der Waals surface area (Å²) in [6, 6.07) is 13.6. The van der Waals surface area contributed by atoms with Crippen LogP contribution in [-0.4, -0.2) is 90.5 Å². The van der Waals surface area contributed by atoms with Crippen molar-refractivity contribution >= 4 is 54.5 Å². The highest BCUT2D eigenvalue weighted by atomic mass is 35.5. The van der Waals surface area contributed by atoms with Crippen molar-refractivity contribution in [2.45, 2.75) is 26.5 Å². The van der Waals surface area contributed by atoms with E-state index in [2.05, 4.69) is 53.0 Å². The number of amides is 1. The van der Waals surface area contributed by atoms with Crippen molar-refractivity contribution in [1.29, 1.82) is 0 Å². The zero-order chi connectivity index (χ0) is 31.1. The summed E-state index contributed by atoms with van der Waals surface area (Å²) >= 11 is 6.61. The van der Waals surface area contributed by atoms with Crippen molar-refractivity contribution in [2.75, 3.05) is 65.3 Å². The molecule has 5 rings (SSSR count). The smallest absolute Gasteiger partial charge is 0.268 e. The molecule has 0 spiro atoms. The molecule has 4 aromatic rings. The molecule has 1 fully saturated rings. The average Bonchev–Trinajstić information content (AvgIpc) is 3.30. The maximum absolute atomic E-state index is 13.6. The van der Waals surface area contributed by atoms with E-state index in [9.17, 15) is 4.79 Å². The molecule has 10 nitrogen and oxygen atoms in total. The molecule has 0 radical (unpaired) electrons. The second-order valence-corrected chi connectivity index (χ2v) is 12.2. The molecule has 1 unspecified atom stereocenters. The number of aromatic nitrogens is 3. The van der Waals surface area contributed by atoms with Gasteiger partial charge in [-0.1, -0.05) is 29.8 Å². The number of hydrogen-bond acceptors (Lipinski definition) is 8. The number of ether oxygens (including phenoxy) is 2. The first-order valence-electron chi connectivity index (χ1n) is 14.9. The third-order valence-corrected chi connectivity index (χ3v) is 8.58. The fourth-order valence-corrected chi connectivity index (χ4v) is 6.08. The van der Waals surface area contributed by atoms with Gasteiger partial charge in [-0.25, -0.2) is 0 Å². The van der Waals surface area contributed by atoms with Crippen LogP contribution in [0.25, 0.3) is 10.9 Å². The predicted octanol–water partition coefficient (Wildman–Crippen LogP) is 4.23. The zero-order valence-corrected chi connectivity index (χ0v) is 27.5. The number of aryl methyl sites for hydroxylation is 1. The maximum atomic E-state index is 13.6. The maximum Gasteiger partial charge on any atom is 0.268 e.